The molecule has 0 aliphatic rings. The van der Waals surface area contributed by atoms with Crippen molar-refractivity contribution in [2.24, 2.45) is 0 Å². The molecular weight excluding hydrogens is 256 g/mol. The van der Waals surface area contributed by atoms with Gasteiger partial charge in [0.15, 0.2) is 0 Å². The van der Waals surface area contributed by atoms with Crippen LogP contribution in [0.1, 0.15) is 19.8 Å². The van der Waals surface area contributed by atoms with Crippen molar-refractivity contribution in [2.45, 2.75) is 25.8 Å². The number of carbonyl (C=O) groups excluding carboxylic acids is 3. The summed E-state index contributed by atoms with van der Waals surface area (Å²) in [6.07, 6.45) is -0.664. The van der Waals surface area contributed by atoms with Gasteiger partial charge in [-0.1, -0.05) is 0 Å². The third kappa shape index (κ3) is 13.6. The van der Waals surface area contributed by atoms with Gasteiger partial charge >= 0.3 is 103 Å². The molecule has 0 spiro atoms. The van der Waals surface area contributed by atoms with Crippen LogP contribution in [0.5, 0.6) is 0 Å². The van der Waals surface area contributed by atoms with Gasteiger partial charge in [-0.25, -0.2) is 0 Å². The number of nitrogens with one attached hydrogen (secondary N) is 1. The maximum absolute atomic E-state index is 10.4. The van der Waals surface area contributed by atoms with Gasteiger partial charge in [0, 0.05) is 12.9 Å². The average molecular weight is 265 g/mol. The van der Waals surface area contributed by atoms with Crippen LogP contribution < -0.4 is 118 Å². The summed E-state index contributed by atoms with van der Waals surface area (Å²) in [7, 11) is 0. The van der Waals surface area contributed by atoms with Gasteiger partial charge in [0.2, 0.25) is 5.91 Å². The summed E-state index contributed by atoms with van der Waals surface area (Å²) in [5.41, 5.74) is 0. The second-order valence-electron chi connectivity index (χ2n) is 2.48. The minimum Gasteiger partial charge on any atom is -0.550 e. The van der Waals surface area contributed by atoms with E-state index in [1.54, 1.807) is 0 Å². The Morgan fingerprint density at radius 2 is 1.67 bits per heavy atom. The third-order valence-corrected chi connectivity index (χ3v) is 1.30. The van der Waals surface area contributed by atoms with Crippen molar-refractivity contribution >= 4 is 17.8 Å². The molecule has 6 nitrogen and oxygen atoms in total. The number of aliphatic carboxylic acids is 2. The number of amides is 1. The Morgan fingerprint density at radius 1 is 1.20 bits per heavy atom. The summed E-state index contributed by atoms with van der Waals surface area (Å²) in [4.78, 5) is 30.7. The third-order valence-electron chi connectivity index (χ3n) is 1.30. The molecule has 0 bridgehead atoms. The van der Waals surface area contributed by atoms with Crippen LogP contribution >= 0.6 is 0 Å². The molecule has 0 aromatic rings. The fourth-order valence-electron chi connectivity index (χ4n) is 0.756. The Kier molecular flexibility index (Phi) is 17.7. The second-order valence-corrected chi connectivity index (χ2v) is 2.48. The zero-order chi connectivity index (χ0) is 10.4. The predicted octanol–water partition coefficient (Wildman–Crippen LogP) is -9.22. The number of hydrogen-bond acceptors (Lipinski definition) is 5. The first-order valence-electron chi connectivity index (χ1n) is 3.61. The molecule has 0 saturated heterocycles. The van der Waals surface area contributed by atoms with Gasteiger partial charge in [0.25, 0.3) is 0 Å². The van der Waals surface area contributed by atoms with Gasteiger partial charge in [0.1, 0.15) is 0 Å². The SMILES string of the molecule is CC(=O)N[C@@H](CCC(=O)[O-])C(=O)[O-].[K+].[K+]. The Labute approximate surface area is 172 Å². The summed E-state index contributed by atoms with van der Waals surface area (Å²) in [5.74, 6) is -3.42. The number of carboxylic acid groups (broad SMARTS) is 2. The molecule has 0 rings (SSSR count). The summed E-state index contributed by atoms with van der Waals surface area (Å²) in [6, 6.07) is -1.27. The van der Waals surface area contributed by atoms with Crippen molar-refractivity contribution in [2.75, 3.05) is 0 Å². The van der Waals surface area contributed by atoms with Gasteiger partial charge < -0.3 is 25.1 Å². The van der Waals surface area contributed by atoms with Crippen LogP contribution in [0.3, 0.4) is 0 Å². The van der Waals surface area contributed by atoms with Crippen LogP contribution in [-0.2, 0) is 14.4 Å². The molecule has 0 saturated carbocycles. The van der Waals surface area contributed by atoms with Gasteiger partial charge in [-0.2, -0.15) is 0 Å². The largest absolute Gasteiger partial charge is 1.00 e. The maximum Gasteiger partial charge on any atom is 1.00 e. The van der Waals surface area contributed by atoms with Crippen LogP contribution in [0.2, 0.25) is 0 Å². The zero-order valence-corrected chi connectivity index (χ0v) is 15.3. The van der Waals surface area contributed by atoms with E-state index in [0.29, 0.717) is 0 Å². The minimum atomic E-state index is -1.50. The number of carboxylic acids is 2. The van der Waals surface area contributed by atoms with E-state index in [0.717, 1.165) is 6.92 Å². The first-order valence-corrected chi connectivity index (χ1v) is 3.61. The molecule has 0 radical (unpaired) electrons. The number of rotatable bonds is 5. The van der Waals surface area contributed by atoms with E-state index < -0.39 is 30.3 Å². The van der Waals surface area contributed by atoms with Gasteiger partial charge in [-0.3, -0.25) is 4.79 Å². The standard InChI is InChI=1S/C7H11NO5.2K/c1-4(9)8-5(7(12)13)2-3-6(10)11;;/h5H,2-3H2,1H3,(H,8,9)(H,10,11)(H,12,13);;/q;2*+1/p-2/t5-;;/m0../s1. The fraction of sp³-hybridized carbons (Fsp3) is 0.571. The molecule has 0 fully saturated rings. The number of carbonyl (C=O) groups is 3. The van der Waals surface area contributed by atoms with Gasteiger partial charge in [0.05, 0.1) is 12.0 Å². The molecule has 15 heavy (non-hydrogen) atoms. The molecular formula is C7H9K2NO5. The molecule has 0 aromatic carbocycles. The molecule has 8 heteroatoms. The summed E-state index contributed by atoms with van der Waals surface area (Å²) < 4.78 is 0. The van der Waals surface area contributed by atoms with Crippen molar-refractivity contribution in [3.8, 4) is 0 Å². The number of hydrogen-bond donors (Lipinski definition) is 1. The topological polar surface area (TPSA) is 109 Å². The quantitative estimate of drug-likeness (QED) is 0.496. The van der Waals surface area contributed by atoms with Crippen LogP contribution in [0, 0.1) is 0 Å². The second kappa shape index (κ2) is 12.1. The molecule has 1 amide bonds. The van der Waals surface area contributed by atoms with Crippen molar-refractivity contribution in [3.05, 3.63) is 0 Å². The monoisotopic (exact) mass is 265 g/mol. The van der Waals surface area contributed by atoms with E-state index in [9.17, 15) is 24.6 Å². The van der Waals surface area contributed by atoms with Crippen molar-refractivity contribution in [1.82, 2.24) is 5.32 Å². The predicted molar refractivity (Wildman–Crippen MR) is 36.9 cm³/mol. The zero-order valence-electron chi connectivity index (χ0n) is 9.03. The fourth-order valence-corrected chi connectivity index (χ4v) is 0.756. The van der Waals surface area contributed by atoms with Crippen LogP contribution in [0.4, 0.5) is 0 Å². The van der Waals surface area contributed by atoms with Crippen molar-refractivity contribution < 1.29 is 127 Å². The maximum atomic E-state index is 10.4. The average Bonchev–Trinajstić information content (AvgIpc) is 1.96. The molecule has 0 aromatic heterocycles. The molecule has 1 atom stereocenters. The Morgan fingerprint density at radius 3 is 1.93 bits per heavy atom. The van der Waals surface area contributed by atoms with Crippen LogP contribution in [0.25, 0.3) is 0 Å². The van der Waals surface area contributed by atoms with Crippen LogP contribution in [0.15, 0.2) is 0 Å². The summed E-state index contributed by atoms with van der Waals surface area (Å²) in [5, 5.41) is 22.3. The Hall–Kier alpha value is 1.68. The molecule has 74 valence electrons. The molecule has 0 aliphatic heterocycles. The summed E-state index contributed by atoms with van der Waals surface area (Å²) in [6.45, 7) is 1.13. The van der Waals surface area contributed by atoms with E-state index >= 15 is 0 Å². The normalized spacial score (nSPS) is 10.2. The summed E-state index contributed by atoms with van der Waals surface area (Å²) >= 11 is 0. The Balaban J connectivity index is -0.000000720. The van der Waals surface area contributed by atoms with Crippen molar-refractivity contribution in [3.63, 3.8) is 0 Å². The van der Waals surface area contributed by atoms with Gasteiger partial charge in [-0.15, -0.1) is 0 Å². The van der Waals surface area contributed by atoms with Crippen LogP contribution in [-0.4, -0.2) is 23.9 Å². The molecule has 0 aliphatic carbocycles. The first kappa shape index (κ1) is 21.9. The van der Waals surface area contributed by atoms with Gasteiger partial charge in [-0.05, 0) is 12.8 Å². The van der Waals surface area contributed by atoms with E-state index in [1.165, 1.54) is 0 Å². The molecule has 0 heterocycles. The minimum absolute atomic E-state index is 0. The van der Waals surface area contributed by atoms with E-state index in [1.807, 2.05) is 5.32 Å². The van der Waals surface area contributed by atoms with E-state index in [4.69, 9.17) is 0 Å². The van der Waals surface area contributed by atoms with E-state index in [2.05, 4.69) is 0 Å². The first-order chi connectivity index (χ1) is 5.93. The Bertz CT molecular complexity index is 233. The molecule has 1 N–H and O–H groups in total. The van der Waals surface area contributed by atoms with Crippen molar-refractivity contribution in [1.29, 1.82) is 0 Å². The smallest absolute Gasteiger partial charge is 0.550 e. The van der Waals surface area contributed by atoms with E-state index in [-0.39, 0.29) is 109 Å². The molecule has 0 unspecified atom stereocenters.